The number of rotatable bonds is 21. The highest BCUT2D eigenvalue weighted by Crippen LogP contribution is 2.27. The number of aliphatic hydroxyl groups is 2. The summed E-state index contributed by atoms with van der Waals surface area (Å²) in [6.07, 6.45) is -8.14. The van der Waals surface area contributed by atoms with Crippen LogP contribution in [0.25, 0.3) is 22.3 Å². The Bertz CT molecular complexity index is 2040. The number of aliphatic hydroxyl groups excluding tert-OH is 2. The number of ether oxygens (including phenoxy) is 2. The molecular weight excluding hydrogens is 805 g/mol. The van der Waals surface area contributed by atoms with Crippen LogP contribution < -0.4 is 21.3 Å². The van der Waals surface area contributed by atoms with Gasteiger partial charge in [0.05, 0.1) is 23.1 Å². The van der Waals surface area contributed by atoms with Crippen molar-refractivity contribution in [2.75, 3.05) is 14.1 Å². The van der Waals surface area contributed by atoms with Crippen LogP contribution in [0.5, 0.6) is 0 Å². The molecule has 0 aliphatic carbocycles. The number of likely N-dealkylation sites (N-methyl/N-ethyl adjacent to an activating group) is 2. The van der Waals surface area contributed by atoms with Gasteiger partial charge < -0.3 is 41.0 Å². The van der Waals surface area contributed by atoms with Crippen molar-refractivity contribution in [2.45, 2.75) is 77.4 Å². The highest BCUT2D eigenvalue weighted by atomic mass is 16.6. The monoisotopic (exact) mass is 856 g/mol. The fraction of sp³-hybridized carbons (Fsp3) is 0.364. The minimum absolute atomic E-state index is 0.0897. The van der Waals surface area contributed by atoms with Gasteiger partial charge in [-0.3, -0.25) is 39.4 Å². The van der Waals surface area contributed by atoms with Crippen LogP contribution in [0.3, 0.4) is 0 Å². The second kappa shape index (κ2) is 22.3. The Balaban J connectivity index is 1.65. The Morgan fingerprint density at radius 3 is 1.18 bits per heavy atom. The molecule has 4 aromatic rings. The zero-order chi connectivity index (χ0) is 45.7. The van der Waals surface area contributed by atoms with Gasteiger partial charge in [0.2, 0.25) is 11.8 Å². The van der Waals surface area contributed by atoms with Crippen molar-refractivity contribution in [2.24, 2.45) is 11.8 Å². The van der Waals surface area contributed by atoms with Crippen molar-refractivity contribution in [1.29, 1.82) is 0 Å². The fourth-order valence-electron chi connectivity index (χ4n) is 6.43. The maximum Gasteiger partial charge on any atom is 0.270 e. The third-order valence-corrected chi connectivity index (χ3v) is 10.0. The molecule has 0 bridgehead atoms. The summed E-state index contributed by atoms with van der Waals surface area (Å²) < 4.78 is 11.9. The van der Waals surface area contributed by atoms with Gasteiger partial charge in [-0.2, -0.15) is 0 Å². The SMILES string of the molecule is CNC(=O)C(NC(=O)[C@H](OCc1ccc(-c2cccc([N+](=O)[O-])c2)cc1)C(O)C(O)[C@@H](OCc1ccc(-c2cccc([N+](=O)[O-])c2)cc1)C(=O)NC(C(=O)NC)C(C)C)C(C)C. The molecule has 0 fully saturated rings. The second-order valence-electron chi connectivity index (χ2n) is 15.1. The molecule has 330 valence electrons. The van der Waals surface area contributed by atoms with Crippen LogP contribution in [0.2, 0.25) is 0 Å². The maximum absolute atomic E-state index is 14.0. The minimum atomic E-state index is -2.17. The predicted molar refractivity (Wildman–Crippen MR) is 228 cm³/mol. The Morgan fingerprint density at radius 1 is 0.548 bits per heavy atom. The molecule has 0 spiro atoms. The summed E-state index contributed by atoms with van der Waals surface area (Å²) in [5.74, 6) is -3.91. The van der Waals surface area contributed by atoms with Crippen LogP contribution in [-0.2, 0) is 41.9 Å². The van der Waals surface area contributed by atoms with E-state index in [2.05, 4.69) is 21.3 Å². The summed E-state index contributed by atoms with van der Waals surface area (Å²) in [6.45, 7) is 6.12. The average Bonchev–Trinajstić information content (AvgIpc) is 3.27. The Kier molecular flexibility index (Phi) is 17.3. The molecule has 6 N–H and O–H groups in total. The number of nitro benzene ring substituents is 2. The lowest BCUT2D eigenvalue weighted by molar-refractivity contribution is -0.385. The molecule has 0 aliphatic rings. The Hall–Kier alpha value is -6.60. The van der Waals surface area contributed by atoms with Crippen molar-refractivity contribution in [3.8, 4) is 22.3 Å². The lowest BCUT2D eigenvalue weighted by atomic mass is 9.98. The van der Waals surface area contributed by atoms with Crippen LogP contribution in [0.1, 0.15) is 38.8 Å². The van der Waals surface area contributed by atoms with Gasteiger partial charge >= 0.3 is 0 Å². The van der Waals surface area contributed by atoms with Crippen molar-refractivity contribution < 1.29 is 48.7 Å². The lowest BCUT2D eigenvalue weighted by Gasteiger charge is -2.32. The fourth-order valence-corrected chi connectivity index (χ4v) is 6.43. The summed E-state index contributed by atoms with van der Waals surface area (Å²) in [4.78, 5) is 75.1. The minimum Gasteiger partial charge on any atom is -0.387 e. The molecule has 0 radical (unpaired) electrons. The van der Waals surface area contributed by atoms with E-state index in [1.165, 1.54) is 38.4 Å². The maximum atomic E-state index is 14.0. The number of non-ortho nitro benzene ring substituents is 2. The molecule has 18 heteroatoms. The number of nitrogens with one attached hydrogen (secondary N) is 4. The topological polar surface area (TPSA) is 262 Å². The molecule has 0 saturated carbocycles. The van der Waals surface area contributed by atoms with Gasteiger partial charge in [-0.15, -0.1) is 0 Å². The molecule has 0 heterocycles. The van der Waals surface area contributed by atoms with E-state index in [9.17, 15) is 49.6 Å². The summed E-state index contributed by atoms with van der Waals surface area (Å²) in [5.41, 5.74) is 3.26. The number of carbonyl (C=O) groups is 4. The van der Waals surface area contributed by atoms with Gasteiger partial charge in [0.1, 0.15) is 24.3 Å². The smallest absolute Gasteiger partial charge is 0.270 e. The van der Waals surface area contributed by atoms with Gasteiger partial charge in [0.25, 0.3) is 23.2 Å². The van der Waals surface area contributed by atoms with Crippen LogP contribution in [0.4, 0.5) is 11.4 Å². The van der Waals surface area contributed by atoms with E-state index in [0.717, 1.165) is 0 Å². The molecule has 18 nitrogen and oxygen atoms in total. The third-order valence-electron chi connectivity index (χ3n) is 10.0. The zero-order valence-corrected chi connectivity index (χ0v) is 35.1. The molecule has 4 aromatic carbocycles. The van der Waals surface area contributed by atoms with Crippen LogP contribution in [-0.4, -0.2) is 94.3 Å². The predicted octanol–water partition coefficient (Wildman–Crippen LogP) is 3.80. The Morgan fingerprint density at radius 2 is 0.887 bits per heavy atom. The van der Waals surface area contributed by atoms with Crippen LogP contribution in [0, 0.1) is 32.1 Å². The number of hydrogen-bond donors (Lipinski definition) is 6. The van der Waals surface area contributed by atoms with E-state index in [-0.39, 0.29) is 24.6 Å². The number of carbonyl (C=O) groups excluding carboxylic acids is 4. The van der Waals surface area contributed by atoms with Gasteiger partial charge in [0, 0.05) is 38.4 Å². The first-order valence-corrected chi connectivity index (χ1v) is 19.8. The summed E-state index contributed by atoms with van der Waals surface area (Å²) in [5, 5.41) is 56.3. The largest absolute Gasteiger partial charge is 0.387 e. The summed E-state index contributed by atoms with van der Waals surface area (Å²) >= 11 is 0. The van der Waals surface area contributed by atoms with Crippen molar-refractivity contribution in [3.05, 3.63) is 128 Å². The molecule has 6 atom stereocenters. The summed E-state index contributed by atoms with van der Waals surface area (Å²) in [6, 6.07) is 23.2. The molecule has 0 saturated heterocycles. The number of hydrogen-bond acceptors (Lipinski definition) is 12. The molecule has 4 amide bonds. The van der Waals surface area contributed by atoms with E-state index in [0.29, 0.717) is 33.4 Å². The number of amides is 4. The average molecular weight is 857 g/mol. The van der Waals surface area contributed by atoms with E-state index in [1.807, 2.05) is 0 Å². The van der Waals surface area contributed by atoms with Crippen LogP contribution in [0.15, 0.2) is 97.1 Å². The van der Waals surface area contributed by atoms with E-state index >= 15 is 0 Å². The van der Waals surface area contributed by atoms with E-state index in [4.69, 9.17) is 9.47 Å². The first-order chi connectivity index (χ1) is 29.4. The molecule has 0 aliphatic heterocycles. The van der Waals surface area contributed by atoms with Gasteiger partial charge in [-0.1, -0.05) is 100 Å². The normalized spacial score (nSPS) is 14.2. The van der Waals surface area contributed by atoms with Crippen molar-refractivity contribution in [1.82, 2.24) is 21.3 Å². The Labute approximate surface area is 358 Å². The molecular formula is C44H52N6O12. The molecule has 4 rings (SSSR count). The van der Waals surface area contributed by atoms with Crippen molar-refractivity contribution in [3.63, 3.8) is 0 Å². The second-order valence-corrected chi connectivity index (χ2v) is 15.1. The number of nitro groups is 2. The molecule has 62 heavy (non-hydrogen) atoms. The number of nitrogens with zero attached hydrogens (tertiary/aromatic N) is 2. The van der Waals surface area contributed by atoms with E-state index in [1.54, 1.807) is 100 Å². The molecule has 4 unspecified atom stereocenters. The third kappa shape index (κ3) is 12.7. The zero-order valence-electron chi connectivity index (χ0n) is 35.1. The lowest BCUT2D eigenvalue weighted by Crippen LogP contribution is -2.60. The van der Waals surface area contributed by atoms with Crippen LogP contribution >= 0.6 is 0 Å². The van der Waals surface area contributed by atoms with Crippen molar-refractivity contribution >= 4 is 35.0 Å². The summed E-state index contributed by atoms with van der Waals surface area (Å²) in [7, 11) is 2.78. The quantitative estimate of drug-likeness (QED) is 0.0517. The first kappa shape index (κ1) is 48.1. The standard InChI is InChI=1S/C44H52N6O12/c1-25(2)35(41(53)45-5)47-43(55)39(61-23-27-13-17-29(18-14-27)31-9-7-11-33(21-31)49(57)58)37(51)38(52)40(44(56)48-36(26(3)4)42(54)46-6)62-24-28-15-19-30(20-16-28)32-10-8-12-34(22-32)50(59)60/h7-22,25-26,35-40,51-52H,23-24H2,1-6H3,(H,45,53)(H,46,54)(H,47,55)(H,48,56)/t35?,36?,37?,38?,39-,40-/m1/s1. The highest BCUT2D eigenvalue weighted by Gasteiger charge is 2.43. The number of benzene rings is 4. The van der Waals surface area contributed by atoms with Gasteiger partial charge in [-0.25, -0.2) is 0 Å². The van der Waals surface area contributed by atoms with Gasteiger partial charge in [0.15, 0.2) is 12.2 Å². The highest BCUT2D eigenvalue weighted by molar-refractivity contribution is 5.91. The van der Waals surface area contributed by atoms with E-state index < -0.39 is 81.8 Å². The molecule has 0 aromatic heterocycles. The first-order valence-electron chi connectivity index (χ1n) is 19.8. The van der Waals surface area contributed by atoms with Gasteiger partial charge in [-0.05, 0) is 45.2 Å².